The van der Waals surface area contributed by atoms with Crippen molar-refractivity contribution in [2.75, 3.05) is 18.1 Å². The van der Waals surface area contributed by atoms with Crippen LogP contribution < -0.4 is 5.73 Å². The van der Waals surface area contributed by atoms with Crippen LogP contribution in [-0.2, 0) is 4.74 Å². The third kappa shape index (κ3) is 2.84. The van der Waals surface area contributed by atoms with Gasteiger partial charge in [0.1, 0.15) is 0 Å². The fourth-order valence-corrected chi connectivity index (χ4v) is 3.17. The smallest absolute Gasteiger partial charge is 0.0858 e. The van der Waals surface area contributed by atoms with Gasteiger partial charge in [-0.3, -0.25) is 0 Å². The molecule has 0 saturated carbocycles. The van der Waals surface area contributed by atoms with E-state index >= 15 is 0 Å². The van der Waals surface area contributed by atoms with E-state index in [9.17, 15) is 0 Å². The molecule has 0 aliphatic carbocycles. The van der Waals surface area contributed by atoms with E-state index in [1.165, 1.54) is 22.3 Å². The normalized spacial score (nSPS) is 22.5. The first kappa shape index (κ1) is 12.9. The molecule has 2 N–H and O–H groups in total. The van der Waals surface area contributed by atoms with E-state index < -0.39 is 0 Å². The standard InChI is InChI=1S/C14H21NOS/c1-9-6-11(3)12(7-10(9)2)14(15)13-8-17-5-4-16-13/h6-7,13-14H,4-5,8,15H2,1-3H3. The molecule has 2 nitrogen and oxygen atoms in total. The first-order chi connectivity index (χ1) is 8.09. The van der Waals surface area contributed by atoms with E-state index in [2.05, 4.69) is 32.9 Å². The van der Waals surface area contributed by atoms with Gasteiger partial charge in [-0.2, -0.15) is 11.8 Å². The van der Waals surface area contributed by atoms with Crippen LogP contribution in [0.25, 0.3) is 0 Å². The van der Waals surface area contributed by atoms with Gasteiger partial charge in [0.15, 0.2) is 0 Å². The van der Waals surface area contributed by atoms with Crippen molar-refractivity contribution in [3.63, 3.8) is 0 Å². The summed E-state index contributed by atoms with van der Waals surface area (Å²) in [7, 11) is 0. The lowest BCUT2D eigenvalue weighted by Gasteiger charge is -2.29. The van der Waals surface area contributed by atoms with Gasteiger partial charge in [-0.1, -0.05) is 12.1 Å². The van der Waals surface area contributed by atoms with Crippen LogP contribution in [0.1, 0.15) is 28.3 Å². The zero-order valence-electron chi connectivity index (χ0n) is 10.8. The van der Waals surface area contributed by atoms with Gasteiger partial charge in [0.05, 0.1) is 18.8 Å². The summed E-state index contributed by atoms with van der Waals surface area (Å²) in [6, 6.07) is 4.44. The van der Waals surface area contributed by atoms with Crippen molar-refractivity contribution < 1.29 is 4.74 Å². The number of benzene rings is 1. The Morgan fingerprint density at radius 2 is 1.94 bits per heavy atom. The van der Waals surface area contributed by atoms with Gasteiger partial charge in [-0.05, 0) is 43.0 Å². The summed E-state index contributed by atoms with van der Waals surface area (Å²) < 4.78 is 5.77. The van der Waals surface area contributed by atoms with Crippen LogP contribution in [0.5, 0.6) is 0 Å². The molecule has 2 atom stereocenters. The third-order valence-electron chi connectivity index (χ3n) is 3.48. The summed E-state index contributed by atoms with van der Waals surface area (Å²) >= 11 is 1.93. The highest BCUT2D eigenvalue weighted by Gasteiger charge is 2.24. The minimum absolute atomic E-state index is 0.00194. The van der Waals surface area contributed by atoms with Crippen molar-refractivity contribution in [1.82, 2.24) is 0 Å². The second-order valence-corrected chi connectivity index (χ2v) is 5.95. The second-order valence-electron chi connectivity index (χ2n) is 4.80. The first-order valence-corrected chi connectivity index (χ1v) is 7.27. The molecule has 1 aromatic carbocycles. The Kier molecular flexibility index (Phi) is 4.13. The van der Waals surface area contributed by atoms with Crippen LogP contribution in [0.3, 0.4) is 0 Å². The first-order valence-electron chi connectivity index (χ1n) is 6.12. The van der Waals surface area contributed by atoms with Gasteiger partial charge < -0.3 is 10.5 Å². The molecule has 1 fully saturated rings. The zero-order chi connectivity index (χ0) is 12.4. The monoisotopic (exact) mass is 251 g/mol. The minimum atomic E-state index is 0.00194. The number of hydrogen-bond donors (Lipinski definition) is 1. The van der Waals surface area contributed by atoms with Crippen LogP contribution in [0, 0.1) is 20.8 Å². The molecule has 1 aliphatic rings. The lowest BCUT2D eigenvalue weighted by molar-refractivity contribution is 0.0568. The summed E-state index contributed by atoms with van der Waals surface area (Å²) in [5.74, 6) is 2.10. The van der Waals surface area contributed by atoms with Gasteiger partial charge in [0.25, 0.3) is 0 Å². The maximum atomic E-state index is 6.35. The van der Waals surface area contributed by atoms with Gasteiger partial charge in [0.2, 0.25) is 0 Å². The largest absolute Gasteiger partial charge is 0.375 e. The lowest BCUT2D eigenvalue weighted by Crippen LogP contribution is -2.35. The highest BCUT2D eigenvalue weighted by Crippen LogP contribution is 2.27. The predicted octanol–water partition coefficient (Wildman–Crippen LogP) is 2.74. The van der Waals surface area contributed by atoms with Crippen LogP contribution in [0.4, 0.5) is 0 Å². The molecule has 2 rings (SSSR count). The highest BCUT2D eigenvalue weighted by atomic mass is 32.2. The van der Waals surface area contributed by atoms with E-state index in [0.717, 1.165) is 18.1 Å². The van der Waals surface area contributed by atoms with Crippen molar-refractivity contribution in [3.8, 4) is 0 Å². The Hall–Kier alpha value is -0.510. The van der Waals surface area contributed by atoms with Crippen molar-refractivity contribution in [1.29, 1.82) is 0 Å². The van der Waals surface area contributed by atoms with E-state index in [0.29, 0.717) is 0 Å². The van der Waals surface area contributed by atoms with Crippen LogP contribution in [-0.4, -0.2) is 24.2 Å². The molecular formula is C14H21NOS. The minimum Gasteiger partial charge on any atom is -0.375 e. The Labute approximate surface area is 108 Å². The zero-order valence-corrected chi connectivity index (χ0v) is 11.6. The van der Waals surface area contributed by atoms with Crippen LogP contribution in [0.15, 0.2) is 12.1 Å². The Morgan fingerprint density at radius 3 is 2.59 bits per heavy atom. The maximum Gasteiger partial charge on any atom is 0.0858 e. The van der Waals surface area contributed by atoms with Gasteiger partial charge >= 0.3 is 0 Å². The number of rotatable bonds is 2. The van der Waals surface area contributed by atoms with Gasteiger partial charge in [-0.25, -0.2) is 0 Å². The Morgan fingerprint density at radius 1 is 1.24 bits per heavy atom. The van der Waals surface area contributed by atoms with Crippen molar-refractivity contribution in [3.05, 3.63) is 34.4 Å². The fraction of sp³-hybridized carbons (Fsp3) is 0.571. The SMILES string of the molecule is Cc1cc(C)c(C(N)C2CSCCO2)cc1C. The molecule has 1 aromatic rings. The molecule has 0 aromatic heterocycles. The number of hydrogen-bond acceptors (Lipinski definition) is 3. The molecule has 0 bridgehead atoms. The van der Waals surface area contributed by atoms with E-state index in [4.69, 9.17) is 10.5 Å². The van der Waals surface area contributed by atoms with Crippen LogP contribution in [0.2, 0.25) is 0 Å². The summed E-state index contributed by atoms with van der Waals surface area (Å²) in [5.41, 5.74) is 11.5. The van der Waals surface area contributed by atoms with Crippen LogP contribution >= 0.6 is 11.8 Å². The molecule has 1 saturated heterocycles. The molecule has 1 heterocycles. The van der Waals surface area contributed by atoms with Crippen molar-refractivity contribution in [2.24, 2.45) is 5.73 Å². The van der Waals surface area contributed by atoms with E-state index in [1.54, 1.807) is 0 Å². The quantitative estimate of drug-likeness (QED) is 0.878. The predicted molar refractivity (Wildman–Crippen MR) is 74.6 cm³/mol. The number of aryl methyl sites for hydroxylation is 3. The average Bonchev–Trinajstić information content (AvgIpc) is 2.34. The summed E-state index contributed by atoms with van der Waals surface area (Å²) in [6.07, 6.45) is 0.162. The second kappa shape index (κ2) is 5.42. The maximum absolute atomic E-state index is 6.35. The van der Waals surface area contributed by atoms with E-state index in [-0.39, 0.29) is 12.1 Å². The molecule has 0 amide bonds. The molecule has 0 radical (unpaired) electrons. The molecule has 3 heteroatoms. The molecule has 94 valence electrons. The van der Waals surface area contributed by atoms with Crippen molar-refractivity contribution >= 4 is 11.8 Å². The topological polar surface area (TPSA) is 35.2 Å². The summed E-state index contributed by atoms with van der Waals surface area (Å²) in [5, 5.41) is 0. The van der Waals surface area contributed by atoms with Crippen molar-refractivity contribution in [2.45, 2.75) is 32.9 Å². The highest BCUT2D eigenvalue weighted by molar-refractivity contribution is 7.99. The molecule has 17 heavy (non-hydrogen) atoms. The Bertz CT molecular complexity index is 399. The van der Waals surface area contributed by atoms with Gasteiger partial charge in [0, 0.05) is 11.5 Å². The average molecular weight is 251 g/mol. The molecule has 2 unspecified atom stereocenters. The lowest BCUT2D eigenvalue weighted by atomic mass is 9.94. The fourth-order valence-electron chi connectivity index (χ4n) is 2.26. The number of ether oxygens (including phenoxy) is 1. The summed E-state index contributed by atoms with van der Waals surface area (Å²) in [6.45, 7) is 7.25. The molecular weight excluding hydrogens is 230 g/mol. The molecule has 0 spiro atoms. The Balaban J connectivity index is 2.23. The number of thioether (sulfide) groups is 1. The summed E-state index contributed by atoms with van der Waals surface area (Å²) in [4.78, 5) is 0. The van der Waals surface area contributed by atoms with E-state index in [1.807, 2.05) is 11.8 Å². The third-order valence-corrected chi connectivity index (χ3v) is 4.50. The number of nitrogens with two attached hydrogens (primary N) is 1. The van der Waals surface area contributed by atoms with Gasteiger partial charge in [-0.15, -0.1) is 0 Å². The molecule has 1 aliphatic heterocycles.